The van der Waals surface area contributed by atoms with E-state index in [1.165, 1.54) is 83.1 Å². The maximum Gasteiger partial charge on any atom is 0.0726 e. The maximum atomic E-state index is 2.53. The van der Waals surface area contributed by atoms with Gasteiger partial charge in [0, 0.05) is 33.5 Å². The number of hydrogen-bond donors (Lipinski definition) is 0. The summed E-state index contributed by atoms with van der Waals surface area (Å²) in [4.78, 5) is 2.46. The number of aromatic nitrogens is 1. The van der Waals surface area contributed by atoms with E-state index in [2.05, 4.69) is 219 Å². The Balaban J connectivity index is 1.19. The minimum Gasteiger partial charge on any atom is -0.310 e. The van der Waals surface area contributed by atoms with Crippen molar-refractivity contribution in [2.24, 2.45) is 0 Å². The summed E-state index contributed by atoms with van der Waals surface area (Å²) in [6, 6.07) is 68.4. The van der Waals surface area contributed by atoms with Crippen LogP contribution in [-0.4, -0.2) is 4.57 Å². The number of hydrogen-bond acceptors (Lipinski definition) is 1. The molecule has 0 atom stereocenters. The molecular formula is C55H44N2. The third-order valence-electron chi connectivity index (χ3n) is 12.7. The number of benzene rings is 8. The number of anilines is 3. The third kappa shape index (κ3) is 4.83. The number of fused-ring (bicyclic) bond motifs is 13. The van der Waals surface area contributed by atoms with Gasteiger partial charge >= 0.3 is 0 Å². The highest BCUT2D eigenvalue weighted by molar-refractivity contribution is 6.11. The van der Waals surface area contributed by atoms with Crippen LogP contribution in [0.1, 0.15) is 72.9 Å². The molecule has 1 aromatic heterocycles. The highest BCUT2D eigenvalue weighted by atomic mass is 15.1. The fourth-order valence-corrected chi connectivity index (χ4v) is 10.0. The van der Waals surface area contributed by atoms with E-state index < -0.39 is 5.41 Å². The molecule has 9 aromatic rings. The Morgan fingerprint density at radius 3 is 1.58 bits per heavy atom. The van der Waals surface area contributed by atoms with E-state index in [0.717, 1.165) is 17.1 Å². The van der Waals surface area contributed by atoms with E-state index in [1.807, 2.05) is 0 Å². The Labute approximate surface area is 335 Å². The molecule has 2 aliphatic rings. The monoisotopic (exact) mass is 732 g/mol. The average Bonchev–Trinajstić information content (AvgIpc) is 3.85. The Morgan fingerprint density at radius 1 is 0.386 bits per heavy atom. The lowest BCUT2D eigenvalue weighted by atomic mass is 9.69. The molecule has 274 valence electrons. The van der Waals surface area contributed by atoms with Crippen LogP contribution >= 0.6 is 0 Å². The van der Waals surface area contributed by atoms with Gasteiger partial charge in [-0.1, -0.05) is 149 Å². The fourth-order valence-electron chi connectivity index (χ4n) is 10.0. The van der Waals surface area contributed by atoms with E-state index in [9.17, 15) is 0 Å². The molecule has 0 saturated heterocycles. The van der Waals surface area contributed by atoms with Gasteiger partial charge in [-0.05, 0) is 128 Å². The van der Waals surface area contributed by atoms with Crippen molar-refractivity contribution < 1.29 is 0 Å². The molecule has 0 radical (unpaired) electrons. The van der Waals surface area contributed by atoms with E-state index >= 15 is 0 Å². The van der Waals surface area contributed by atoms with Crippen molar-refractivity contribution in [1.29, 1.82) is 0 Å². The van der Waals surface area contributed by atoms with Gasteiger partial charge in [0.05, 0.1) is 16.4 Å². The van der Waals surface area contributed by atoms with Crippen LogP contribution in [0.5, 0.6) is 0 Å². The topological polar surface area (TPSA) is 8.17 Å². The van der Waals surface area contributed by atoms with Gasteiger partial charge in [0.2, 0.25) is 0 Å². The second-order valence-corrected chi connectivity index (χ2v) is 16.5. The molecule has 0 amide bonds. The Kier molecular flexibility index (Phi) is 7.50. The minimum atomic E-state index is -0.447. The summed E-state index contributed by atoms with van der Waals surface area (Å²) in [5.74, 6) is 0.835. The molecule has 0 N–H and O–H groups in total. The molecule has 2 nitrogen and oxygen atoms in total. The number of para-hydroxylation sites is 3. The molecule has 0 unspecified atom stereocenters. The van der Waals surface area contributed by atoms with E-state index in [1.54, 1.807) is 0 Å². The van der Waals surface area contributed by atoms with Crippen molar-refractivity contribution in [1.82, 2.24) is 4.57 Å². The second kappa shape index (κ2) is 12.7. The Morgan fingerprint density at radius 2 is 0.895 bits per heavy atom. The SMILES string of the molecule is CC(C)c1ccc2c(c1)C1(c3ccccc3-c3ccc(N(c4ccccc4)c4ccc5c(c4)c4ccccc4n5-c4ccccc4)cc31)c1cc(C(C)C)ccc1-2. The summed E-state index contributed by atoms with van der Waals surface area (Å²) in [5, 5.41) is 2.48. The Hall–Kier alpha value is -6.64. The summed E-state index contributed by atoms with van der Waals surface area (Å²) < 4.78 is 2.39. The first-order chi connectivity index (χ1) is 27.9. The van der Waals surface area contributed by atoms with Gasteiger partial charge in [-0.3, -0.25) is 0 Å². The van der Waals surface area contributed by atoms with Crippen molar-refractivity contribution >= 4 is 38.9 Å². The number of rotatable bonds is 6. The van der Waals surface area contributed by atoms with Crippen LogP contribution < -0.4 is 4.90 Å². The third-order valence-corrected chi connectivity index (χ3v) is 12.7. The molecule has 1 spiro atoms. The molecule has 2 heteroatoms. The Bertz CT molecular complexity index is 2960. The standard InChI is InChI=1S/C55H44N2/c1-35(2)37-23-27-44-45-28-24-38(36(3)4)32-51(45)55(50(44)31-37)49-21-13-11-19-43(49)46-29-25-42(34-52(46)55)56(39-15-7-5-8-16-39)41-26-30-54-48(33-41)47-20-12-14-22-53(47)57(54)40-17-9-6-10-18-40/h5-36H,1-4H3. The molecule has 0 fully saturated rings. The molecule has 0 saturated carbocycles. The molecule has 2 aliphatic carbocycles. The van der Waals surface area contributed by atoms with Crippen LogP contribution in [0.2, 0.25) is 0 Å². The van der Waals surface area contributed by atoms with Gasteiger partial charge in [0.25, 0.3) is 0 Å². The van der Waals surface area contributed by atoms with Crippen molar-refractivity contribution in [3.63, 3.8) is 0 Å². The average molecular weight is 733 g/mol. The van der Waals surface area contributed by atoms with Gasteiger partial charge in [-0.25, -0.2) is 0 Å². The van der Waals surface area contributed by atoms with Gasteiger partial charge in [0.1, 0.15) is 0 Å². The predicted molar refractivity (Wildman–Crippen MR) is 240 cm³/mol. The van der Waals surface area contributed by atoms with Crippen molar-refractivity contribution in [3.8, 4) is 27.9 Å². The van der Waals surface area contributed by atoms with Gasteiger partial charge in [0.15, 0.2) is 0 Å². The summed E-state index contributed by atoms with van der Waals surface area (Å²) in [7, 11) is 0. The quantitative estimate of drug-likeness (QED) is 0.165. The fraction of sp³-hybridized carbons (Fsp3) is 0.127. The first-order valence-corrected chi connectivity index (χ1v) is 20.4. The zero-order chi connectivity index (χ0) is 38.4. The van der Waals surface area contributed by atoms with Gasteiger partial charge in [-0.15, -0.1) is 0 Å². The van der Waals surface area contributed by atoms with Crippen LogP contribution in [0.25, 0.3) is 49.7 Å². The second-order valence-electron chi connectivity index (χ2n) is 16.5. The van der Waals surface area contributed by atoms with Crippen LogP contribution in [0.15, 0.2) is 182 Å². The van der Waals surface area contributed by atoms with Crippen molar-refractivity contribution in [3.05, 3.63) is 215 Å². The normalized spacial score (nSPS) is 13.4. The van der Waals surface area contributed by atoms with Gasteiger partial charge in [-0.2, -0.15) is 0 Å². The van der Waals surface area contributed by atoms with E-state index in [-0.39, 0.29) is 0 Å². The van der Waals surface area contributed by atoms with Crippen molar-refractivity contribution in [2.75, 3.05) is 4.90 Å². The maximum absolute atomic E-state index is 2.53. The highest BCUT2D eigenvalue weighted by Gasteiger charge is 2.52. The lowest BCUT2D eigenvalue weighted by Gasteiger charge is -2.33. The van der Waals surface area contributed by atoms with Gasteiger partial charge < -0.3 is 9.47 Å². The van der Waals surface area contributed by atoms with Crippen LogP contribution in [-0.2, 0) is 5.41 Å². The molecule has 1 heterocycles. The zero-order valence-electron chi connectivity index (χ0n) is 32.9. The molecular weight excluding hydrogens is 689 g/mol. The van der Waals surface area contributed by atoms with E-state index in [4.69, 9.17) is 0 Å². The number of nitrogens with zero attached hydrogens (tertiary/aromatic N) is 2. The van der Waals surface area contributed by atoms with Crippen molar-refractivity contribution in [2.45, 2.75) is 44.9 Å². The largest absolute Gasteiger partial charge is 0.310 e. The molecule has 11 rings (SSSR count). The van der Waals surface area contributed by atoms with Crippen LogP contribution in [0.3, 0.4) is 0 Å². The summed E-state index contributed by atoms with van der Waals surface area (Å²) >= 11 is 0. The molecule has 57 heavy (non-hydrogen) atoms. The lowest BCUT2D eigenvalue weighted by molar-refractivity contribution is 0.777. The molecule has 0 bridgehead atoms. The first kappa shape index (κ1) is 33.7. The zero-order valence-corrected chi connectivity index (χ0v) is 32.9. The smallest absolute Gasteiger partial charge is 0.0726 e. The van der Waals surface area contributed by atoms with Crippen LogP contribution in [0.4, 0.5) is 17.1 Å². The summed E-state index contributed by atoms with van der Waals surface area (Å²) in [6.45, 7) is 9.25. The predicted octanol–water partition coefficient (Wildman–Crippen LogP) is 14.8. The molecule has 0 aliphatic heterocycles. The van der Waals surface area contributed by atoms with E-state index in [0.29, 0.717) is 11.8 Å². The molecule has 8 aromatic carbocycles. The van der Waals surface area contributed by atoms with Crippen LogP contribution in [0, 0.1) is 0 Å². The first-order valence-electron chi connectivity index (χ1n) is 20.4. The summed E-state index contributed by atoms with van der Waals surface area (Å²) in [5.41, 5.74) is 20.1. The lowest BCUT2D eigenvalue weighted by Crippen LogP contribution is -2.26. The minimum absolute atomic E-state index is 0.418. The highest BCUT2D eigenvalue weighted by Crippen LogP contribution is 2.64. The summed E-state index contributed by atoms with van der Waals surface area (Å²) in [6.07, 6.45) is 0.